The predicted molar refractivity (Wildman–Crippen MR) is 148 cm³/mol. The highest BCUT2D eigenvalue weighted by Crippen LogP contribution is 2.26. The first-order valence-electron chi connectivity index (χ1n) is 15.2. The predicted octanol–water partition coefficient (Wildman–Crippen LogP) is 11.2. The van der Waals surface area contributed by atoms with Crippen LogP contribution in [0.3, 0.4) is 0 Å². The van der Waals surface area contributed by atoms with Crippen LogP contribution in [0.1, 0.15) is 187 Å². The van der Waals surface area contributed by atoms with Gasteiger partial charge in [0.1, 0.15) is 5.82 Å². The molecule has 0 spiro atoms. The average molecular weight is 461 g/mol. The van der Waals surface area contributed by atoms with Gasteiger partial charge in [0, 0.05) is 24.4 Å². The van der Waals surface area contributed by atoms with E-state index in [4.69, 9.17) is 4.98 Å². The zero-order chi connectivity index (χ0) is 24.0. The van der Waals surface area contributed by atoms with E-state index >= 15 is 0 Å². The lowest BCUT2D eigenvalue weighted by Crippen LogP contribution is -2.11. The molecule has 2 atom stereocenters. The van der Waals surface area contributed by atoms with Crippen LogP contribution in [0, 0.1) is 0 Å². The van der Waals surface area contributed by atoms with Gasteiger partial charge in [0.15, 0.2) is 0 Å². The molecule has 1 rings (SSSR count). The first-order chi connectivity index (χ1) is 16.2. The Hall–Kier alpha value is -0.790. The van der Waals surface area contributed by atoms with Crippen molar-refractivity contribution in [2.75, 3.05) is 0 Å². The molecule has 194 valence electrons. The molecular formula is C31H60N2. The number of rotatable bonds is 24. The summed E-state index contributed by atoms with van der Waals surface area (Å²) in [6.07, 6.45) is 35.2. The largest absolute Gasteiger partial charge is 0.332 e. The number of unbranched alkanes of at least 4 members (excludes halogenated alkanes) is 18. The highest BCUT2D eigenvalue weighted by Gasteiger charge is 2.15. The lowest BCUT2D eigenvalue weighted by molar-refractivity contribution is 0.435. The molecule has 33 heavy (non-hydrogen) atoms. The molecule has 0 aliphatic heterocycles. The molecule has 1 aromatic rings. The number of aromatic nitrogens is 2. The topological polar surface area (TPSA) is 17.8 Å². The van der Waals surface area contributed by atoms with Gasteiger partial charge in [-0.1, -0.05) is 149 Å². The number of hydrogen-bond donors (Lipinski definition) is 0. The summed E-state index contributed by atoms with van der Waals surface area (Å²) in [6.45, 7) is 9.37. The highest BCUT2D eigenvalue weighted by molar-refractivity contribution is 5.00. The fourth-order valence-electron chi connectivity index (χ4n) is 5.21. The van der Waals surface area contributed by atoms with Crippen LogP contribution in [0.4, 0.5) is 0 Å². The van der Waals surface area contributed by atoms with E-state index in [2.05, 4.69) is 38.5 Å². The van der Waals surface area contributed by atoms with E-state index in [-0.39, 0.29) is 0 Å². The van der Waals surface area contributed by atoms with Crippen molar-refractivity contribution in [1.29, 1.82) is 0 Å². The summed E-state index contributed by atoms with van der Waals surface area (Å²) in [6, 6.07) is 0.590. The van der Waals surface area contributed by atoms with Crippen molar-refractivity contribution < 1.29 is 0 Å². The first-order valence-corrected chi connectivity index (χ1v) is 15.2. The summed E-state index contributed by atoms with van der Waals surface area (Å²) in [5, 5.41) is 0. The molecule has 2 heteroatoms. The van der Waals surface area contributed by atoms with E-state index in [9.17, 15) is 0 Å². The van der Waals surface area contributed by atoms with Gasteiger partial charge >= 0.3 is 0 Å². The fraction of sp³-hybridized carbons (Fsp3) is 0.903. The zero-order valence-corrected chi connectivity index (χ0v) is 23.3. The Balaban J connectivity index is 2.04. The Bertz CT molecular complexity index is 521. The Morgan fingerprint density at radius 2 is 0.970 bits per heavy atom. The van der Waals surface area contributed by atoms with Gasteiger partial charge in [0.25, 0.3) is 0 Å². The maximum Gasteiger partial charge on any atom is 0.111 e. The second-order valence-corrected chi connectivity index (χ2v) is 10.9. The molecule has 0 aromatic carbocycles. The molecule has 0 saturated heterocycles. The summed E-state index contributed by atoms with van der Waals surface area (Å²) in [7, 11) is 0. The minimum absolute atomic E-state index is 0.588. The van der Waals surface area contributed by atoms with E-state index in [1.54, 1.807) is 0 Å². The van der Waals surface area contributed by atoms with Crippen LogP contribution in [0.25, 0.3) is 0 Å². The first kappa shape index (κ1) is 30.2. The lowest BCUT2D eigenvalue weighted by Gasteiger charge is -2.20. The number of hydrogen-bond acceptors (Lipinski definition) is 1. The minimum atomic E-state index is 0.588. The third-order valence-electron chi connectivity index (χ3n) is 7.58. The van der Waals surface area contributed by atoms with Gasteiger partial charge in [-0.3, -0.25) is 0 Å². The fourth-order valence-corrected chi connectivity index (χ4v) is 5.21. The third kappa shape index (κ3) is 15.7. The summed E-state index contributed by atoms with van der Waals surface area (Å²) < 4.78 is 2.48. The Morgan fingerprint density at radius 1 is 0.576 bits per heavy atom. The summed E-state index contributed by atoms with van der Waals surface area (Å²) >= 11 is 0. The lowest BCUT2D eigenvalue weighted by atomic mass is 10.00. The van der Waals surface area contributed by atoms with Gasteiger partial charge in [-0.25, -0.2) is 4.98 Å². The van der Waals surface area contributed by atoms with E-state index < -0.39 is 0 Å². The Morgan fingerprint density at radius 3 is 1.42 bits per heavy atom. The zero-order valence-electron chi connectivity index (χ0n) is 23.3. The molecule has 1 aromatic heterocycles. The van der Waals surface area contributed by atoms with Crippen molar-refractivity contribution in [1.82, 2.24) is 9.55 Å². The van der Waals surface area contributed by atoms with E-state index in [1.807, 2.05) is 6.20 Å². The average Bonchev–Trinajstić information content (AvgIpc) is 3.31. The summed E-state index contributed by atoms with van der Waals surface area (Å²) in [5.74, 6) is 1.91. The second-order valence-electron chi connectivity index (χ2n) is 10.9. The van der Waals surface area contributed by atoms with Crippen molar-refractivity contribution in [3.05, 3.63) is 18.2 Å². The van der Waals surface area contributed by atoms with Crippen LogP contribution >= 0.6 is 0 Å². The Labute approximate surface area is 208 Å². The smallest absolute Gasteiger partial charge is 0.111 e. The minimum Gasteiger partial charge on any atom is -0.332 e. The van der Waals surface area contributed by atoms with Crippen molar-refractivity contribution in [2.24, 2.45) is 0 Å². The van der Waals surface area contributed by atoms with E-state index in [1.165, 1.54) is 147 Å². The van der Waals surface area contributed by atoms with Gasteiger partial charge in [-0.15, -0.1) is 0 Å². The van der Waals surface area contributed by atoms with Crippen LogP contribution in [0.5, 0.6) is 0 Å². The molecule has 2 nitrogen and oxygen atoms in total. The molecule has 0 radical (unpaired) electrons. The molecule has 1 heterocycles. The van der Waals surface area contributed by atoms with Gasteiger partial charge in [0.05, 0.1) is 0 Å². The Kier molecular flexibility index (Phi) is 19.9. The molecule has 0 bridgehead atoms. The van der Waals surface area contributed by atoms with E-state index in [0.717, 1.165) is 0 Å². The van der Waals surface area contributed by atoms with Crippen LogP contribution in [0.2, 0.25) is 0 Å². The number of nitrogens with zero attached hydrogens (tertiary/aromatic N) is 2. The maximum atomic E-state index is 4.75. The van der Waals surface area contributed by atoms with Crippen LogP contribution in [-0.4, -0.2) is 9.55 Å². The third-order valence-corrected chi connectivity index (χ3v) is 7.58. The summed E-state index contributed by atoms with van der Waals surface area (Å²) in [4.78, 5) is 4.75. The van der Waals surface area contributed by atoms with Crippen molar-refractivity contribution >= 4 is 0 Å². The quantitative estimate of drug-likeness (QED) is 0.140. The molecule has 0 aliphatic rings. The molecule has 0 amide bonds. The molecule has 0 saturated carbocycles. The van der Waals surface area contributed by atoms with Gasteiger partial charge in [-0.05, 0) is 19.8 Å². The molecule has 0 fully saturated rings. The second kappa shape index (κ2) is 21.7. The van der Waals surface area contributed by atoms with Gasteiger partial charge in [-0.2, -0.15) is 0 Å². The standard InChI is InChI=1S/C31H60N2/c1-5-7-9-11-13-14-15-16-17-18-19-20-22-24-26-30(4)33-28-27-32-31(33)29(3)25-23-21-12-10-8-6-2/h27-30H,5-26H2,1-4H3. The molecule has 2 unspecified atom stereocenters. The van der Waals surface area contributed by atoms with Gasteiger partial charge < -0.3 is 4.57 Å². The van der Waals surface area contributed by atoms with Gasteiger partial charge in [0.2, 0.25) is 0 Å². The monoisotopic (exact) mass is 460 g/mol. The molecule has 0 N–H and O–H groups in total. The normalized spacial score (nSPS) is 13.5. The highest BCUT2D eigenvalue weighted by atomic mass is 15.1. The van der Waals surface area contributed by atoms with Crippen molar-refractivity contribution in [2.45, 2.75) is 181 Å². The van der Waals surface area contributed by atoms with Crippen molar-refractivity contribution in [3.63, 3.8) is 0 Å². The van der Waals surface area contributed by atoms with Crippen LogP contribution in [-0.2, 0) is 0 Å². The van der Waals surface area contributed by atoms with Crippen molar-refractivity contribution in [3.8, 4) is 0 Å². The van der Waals surface area contributed by atoms with E-state index in [0.29, 0.717) is 12.0 Å². The van der Waals surface area contributed by atoms with Crippen LogP contribution in [0.15, 0.2) is 12.4 Å². The maximum absolute atomic E-state index is 4.75. The SMILES string of the molecule is CCCCCCCCCCCCCCCCC(C)n1ccnc1C(C)CCCCCCCC. The molecule has 0 aliphatic carbocycles. The number of imidazole rings is 1. The summed E-state index contributed by atoms with van der Waals surface area (Å²) in [5.41, 5.74) is 0. The molecular weight excluding hydrogens is 400 g/mol. The van der Waals surface area contributed by atoms with Crippen LogP contribution < -0.4 is 0 Å².